The number of nitrogens with zero attached hydrogens (tertiary/aromatic N) is 4. The fraction of sp³-hybridized carbons (Fsp3) is 0.278. The minimum Gasteiger partial charge on any atom is -0.496 e. The maximum Gasteiger partial charge on any atom is 0.129 e. The molecule has 1 atom stereocenters. The second-order valence-corrected chi connectivity index (χ2v) is 6.67. The van der Waals surface area contributed by atoms with Crippen LogP contribution in [0.1, 0.15) is 23.5 Å². The molecule has 0 bridgehead atoms. The lowest BCUT2D eigenvalue weighted by Crippen LogP contribution is -2.22. The molecule has 2 heterocycles. The van der Waals surface area contributed by atoms with Gasteiger partial charge in [-0.2, -0.15) is 0 Å². The van der Waals surface area contributed by atoms with Gasteiger partial charge < -0.3 is 4.74 Å². The summed E-state index contributed by atoms with van der Waals surface area (Å²) < 4.78 is 5.43. The van der Waals surface area contributed by atoms with Crippen molar-refractivity contribution in [3.05, 3.63) is 59.6 Å². The van der Waals surface area contributed by atoms with E-state index in [1.54, 1.807) is 31.0 Å². The largest absolute Gasteiger partial charge is 0.496 e. The van der Waals surface area contributed by atoms with E-state index in [1.165, 1.54) is 4.88 Å². The van der Waals surface area contributed by atoms with Crippen LogP contribution in [0.2, 0.25) is 0 Å². The average Bonchev–Trinajstić information content (AvgIpc) is 3.10. The van der Waals surface area contributed by atoms with Crippen LogP contribution in [-0.2, 0) is 6.54 Å². The van der Waals surface area contributed by atoms with Gasteiger partial charge in [-0.1, -0.05) is 12.1 Å². The topological polar surface area (TPSA) is 51.1 Å². The van der Waals surface area contributed by atoms with Crippen LogP contribution in [0.3, 0.4) is 0 Å². The minimum absolute atomic E-state index is 0.213. The highest BCUT2D eigenvalue weighted by Gasteiger charge is 2.15. The molecule has 0 saturated carbocycles. The summed E-state index contributed by atoms with van der Waals surface area (Å²) in [4.78, 5) is 16.3. The van der Waals surface area contributed by atoms with Gasteiger partial charge in [0, 0.05) is 29.9 Å². The second-order valence-electron chi connectivity index (χ2n) is 5.56. The van der Waals surface area contributed by atoms with Crippen LogP contribution in [0.15, 0.2) is 49.1 Å². The molecule has 0 N–H and O–H groups in total. The summed E-state index contributed by atoms with van der Waals surface area (Å²) in [7, 11) is 3.78. The predicted molar refractivity (Wildman–Crippen MR) is 96.0 cm³/mol. The molecule has 0 radical (unpaired) electrons. The van der Waals surface area contributed by atoms with E-state index in [4.69, 9.17) is 4.74 Å². The lowest BCUT2D eigenvalue weighted by Gasteiger charge is -2.23. The summed E-state index contributed by atoms with van der Waals surface area (Å²) in [5, 5.41) is 0.977. The van der Waals surface area contributed by atoms with Gasteiger partial charge in [0.15, 0.2) is 0 Å². The molecule has 24 heavy (non-hydrogen) atoms. The molecule has 3 aromatic rings. The molecular weight excluding hydrogens is 320 g/mol. The second kappa shape index (κ2) is 7.51. The lowest BCUT2D eigenvalue weighted by atomic mass is 10.2. The summed E-state index contributed by atoms with van der Waals surface area (Å²) >= 11 is 1.69. The number of rotatable bonds is 6. The summed E-state index contributed by atoms with van der Waals surface area (Å²) in [6.07, 6.45) is 5.31. The monoisotopic (exact) mass is 340 g/mol. The molecule has 5 nitrogen and oxygen atoms in total. The number of methoxy groups -OCH3 is 1. The molecule has 0 amide bonds. The Hall–Kier alpha value is -2.31. The first-order chi connectivity index (χ1) is 11.7. The van der Waals surface area contributed by atoms with E-state index >= 15 is 0 Å². The van der Waals surface area contributed by atoms with Crippen molar-refractivity contribution in [1.82, 2.24) is 19.9 Å². The van der Waals surface area contributed by atoms with E-state index in [9.17, 15) is 0 Å². The zero-order valence-corrected chi connectivity index (χ0v) is 14.8. The molecular formula is C18H20N4OS. The smallest absolute Gasteiger partial charge is 0.129 e. The fourth-order valence-corrected chi connectivity index (χ4v) is 3.49. The predicted octanol–water partition coefficient (Wildman–Crippen LogP) is 3.80. The molecule has 6 heteroatoms. The van der Waals surface area contributed by atoms with Crippen molar-refractivity contribution in [1.29, 1.82) is 0 Å². The van der Waals surface area contributed by atoms with E-state index in [1.807, 2.05) is 36.5 Å². The van der Waals surface area contributed by atoms with Crippen molar-refractivity contribution >= 4 is 11.3 Å². The first-order valence-corrected chi connectivity index (χ1v) is 8.55. The molecule has 0 saturated heterocycles. The first kappa shape index (κ1) is 16.5. The SMILES string of the molecule is COc1ccccc1-c1ncc(CN(C)[C@@H](C)c2ccncn2)s1. The van der Waals surface area contributed by atoms with Crippen molar-refractivity contribution in [2.75, 3.05) is 14.2 Å². The van der Waals surface area contributed by atoms with Gasteiger partial charge in [0.25, 0.3) is 0 Å². The number of hydrogen-bond donors (Lipinski definition) is 0. The Balaban J connectivity index is 1.74. The van der Waals surface area contributed by atoms with Crippen LogP contribution in [0.4, 0.5) is 0 Å². The quantitative estimate of drug-likeness (QED) is 0.683. The summed E-state index contributed by atoms with van der Waals surface area (Å²) in [6, 6.07) is 10.1. The Kier molecular flexibility index (Phi) is 5.17. The molecule has 0 fully saturated rings. The maximum atomic E-state index is 5.43. The van der Waals surface area contributed by atoms with Gasteiger partial charge in [-0.05, 0) is 32.2 Å². The molecule has 0 spiro atoms. The van der Waals surface area contributed by atoms with Gasteiger partial charge in [0.1, 0.15) is 17.1 Å². The van der Waals surface area contributed by atoms with Crippen LogP contribution in [0, 0.1) is 0 Å². The van der Waals surface area contributed by atoms with Crippen molar-refractivity contribution in [3.63, 3.8) is 0 Å². The highest BCUT2D eigenvalue weighted by molar-refractivity contribution is 7.15. The first-order valence-electron chi connectivity index (χ1n) is 7.73. The Bertz CT molecular complexity index is 790. The standard InChI is InChI=1S/C18H20N4OS/c1-13(16-8-9-19-12-21-16)22(2)11-14-10-20-18(24-14)15-6-4-5-7-17(15)23-3/h4-10,12-13H,11H2,1-3H3/t13-/m0/s1. The number of benzene rings is 1. The van der Waals surface area contributed by atoms with Gasteiger partial charge in [-0.25, -0.2) is 15.0 Å². The Morgan fingerprint density at radius 1 is 1.21 bits per heavy atom. The third-order valence-electron chi connectivity index (χ3n) is 3.99. The number of ether oxygens (including phenoxy) is 1. The molecule has 3 rings (SSSR count). The molecule has 1 aromatic carbocycles. The summed E-state index contributed by atoms with van der Waals surface area (Å²) in [5.74, 6) is 0.848. The normalized spacial score (nSPS) is 12.3. The fourth-order valence-electron chi connectivity index (χ4n) is 2.48. The maximum absolute atomic E-state index is 5.43. The molecule has 0 aliphatic rings. The van der Waals surface area contributed by atoms with Crippen molar-refractivity contribution in [2.24, 2.45) is 0 Å². The van der Waals surface area contributed by atoms with Gasteiger partial charge in [0.05, 0.1) is 18.4 Å². The van der Waals surface area contributed by atoms with E-state index in [0.29, 0.717) is 0 Å². The summed E-state index contributed by atoms with van der Waals surface area (Å²) in [5.41, 5.74) is 2.05. The Labute approximate surface area is 146 Å². The average molecular weight is 340 g/mol. The summed E-state index contributed by atoms with van der Waals surface area (Å²) in [6.45, 7) is 2.96. The third kappa shape index (κ3) is 3.60. The zero-order valence-electron chi connectivity index (χ0n) is 14.0. The highest BCUT2D eigenvalue weighted by Crippen LogP contribution is 2.33. The Morgan fingerprint density at radius 2 is 2.04 bits per heavy atom. The van der Waals surface area contributed by atoms with E-state index < -0.39 is 0 Å². The third-order valence-corrected chi connectivity index (χ3v) is 5.01. The van der Waals surface area contributed by atoms with E-state index in [2.05, 4.69) is 33.8 Å². The van der Waals surface area contributed by atoms with Gasteiger partial charge in [-0.3, -0.25) is 4.90 Å². The van der Waals surface area contributed by atoms with Crippen LogP contribution < -0.4 is 4.74 Å². The van der Waals surface area contributed by atoms with Crippen LogP contribution in [0.5, 0.6) is 5.75 Å². The lowest BCUT2D eigenvalue weighted by molar-refractivity contribution is 0.250. The Morgan fingerprint density at radius 3 is 2.79 bits per heavy atom. The molecule has 0 unspecified atom stereocenters. The van der Waals surface area contributed by atoms with Crippen molar-refractivity contribution < 1.29 is 4.74 Å². The van der Waals surface area contributed by atoms with Gasteiger partial charge >= 0.3 is 0 Å². The van der Waals surface area contributed by atoms with Gasteiger partial charge in [0.2, 0.25) is 0 Å². The van der Waals surface area contributed by atoms with Crippen LogP contribution in [-0.4, -0.2) is 34.0 Å². The molecule has 124 valence electrons. The number of thiazole rings is 1. The highest BCUT2D eigenvalue weighted by atomic mass is 32.1. The van der Waals surface area contributed by atoms with Crippen LogP contribution in [0.25, 0.3) is 10.6 Å². The number of hydrogen-bond acceptors (Lipinski definition) is 6. The zero-order chi connectivity index (χ0) is 16.9. The molecule has 0 aliphatic carbocycles. The van der Waals surface area contributed by atoms with Gasteiger partial charge in [-0.15, -0.1) is 11.3 Å². The number of aromatic nitrogens is 3. The molecule has 0 aliphatic heterocycles. The minimum atomic E-state index is 0.213. The van der Waals surface area contributed by atoms with Crippen molar-refractivity contribution in [3.8, 4) is 16.3 Å². The van der Waals surface area contributed by atoms with E-state index in [0.717, 1.165) is 28.6 Å². The van der Waals surface area contributed by atoms with Crippen LogP contribution >= 0.6 is 11.3 Å². The van der Waals surface area contributed by atoms with Crippen molar-refractivity contribution in [2.45, 2.75) is 19.5 Å². The molecule has 2 aromatic heterocycles. The van der Waals surface area contributed by atoms with E-state index in [-0.39, 0.29) is 6.04 Å². The number of para-hydroxylation sites is 1.